The van der Waals surface area contributed by atoms with E-state index in [9.17, 15) is 9.59 Å². The quantitative estimate of drug-likeness (QED) is 0.635. The van der Waals surface area contributed by atoms with Crippen LogP contribution in [0.15, 0.2) is 48.5 Å². The SMILES string of the molecule is CCOc1ccc(NC(=O)[C@@H](CCSC)NC(=O)c2ccccc2)cc1OC. The lowest BCUT2D eigenvalue weighted by Gasteiger charge is -2.19. The summed E-state index contributed by atoms with van der Waals surface area (Å²) in [6.07, 6.45) is 2.49. The maximum atomic E-state index is 12.8. The molecule has 0 radical (unpaired) electrons. The number of anilines is 1. The van der Waals surface area contributed by atoms with Gasteiger partial charge in [0.25, 0.3) is 5.91 Å². The van der Waals surface area contributed by atoms with E-state index in [2.05, 4.69) is 10.6 Å². The Morgan fingerprint density at radius 3 is 2.50 bits per heavy atom. The highest BCUT2D eigenvalue weighted by molar-refractivity contribution is 7.98. The molecule has 0 bridgehead atoms. The van der Waals surface area contributed by atoms with Crippen molar-refractivity contribution >= 4 is 29.3 Å². The van der Waals surface area contributed by atoms with Crippen molar-refractivity contribution < 1.29 is 19.1 Å². The summed E-state index contributed by atoms with van der Waals surface area (Å²) in [5.41, 5.74) is 1.10. The zero-order valence-corrected chi connectivity index (χ0v) is 17.2. The van der Waals surface area contributed by atoms with Crippen molar-refractivity contribution in [1.82, 2.24) is 5.32 Å². The second-order valence-corrected chi connectivity index (χ2v) is 6.95. The smallest absolute Gasteiger partial charge is 0.251 e. The molecule has 0 saturated carbocycles. The minimum atomic E-state index is -0.641. The third-order valence-corrected chi connectivity index (χ3v) is 4.64. The summed E-state index contributed by atoms with van der Waals surface area (Å²) in [4.78, 5) is 25.2. The summed E-state index contributed by atoms with van der Waals surface area (Å²) in [7, 11) is 1.55. The maximum absolute atomic E-state index is 12.8. The van der Waals surface area contributed by atoms with Gasteiger partial charge in [0.15, 0.2) is 11.5 Å². The number of rotatable bonds is 10. The van der Waals surface area contributed by atoms with Gasteiger partial charge in [-0.15, -0.1) is 0 Å². The Morgan fingerprint density at radius 2 is 1.86 bits per heavy atom. The van der Waals surface area contributed by atoms with E-state index < -0.39 is 6.04 Å². The zero-order chi connectivity index (χ0) is 20.4. The highest BCUT2D eigenvalue weighted by Crippen LogP contribution is 2.30. The van der Waals surface area contributed by atoms with Crippen molar-refractivity contribution in [1.29, 1.82) is 0 Å². The van der Waals surface area contributed by atoms with Gasteiger partial charge in [-0.2, -0.15) is 11.8 Å². The molecule has 2 amide bonds. The van der Waals surface area contributed by atoms with E-state index in [1.165, 1.54) is 0 Å². The Morgan fingerprint density at radius 1 is 1.11 bits per heavy atom. The summed E-state index contributed by atoms with van der Waals surface area (Å²) < 4.78 is 10.8. The number of thioether (sulfide) groups is 1. The van der Waals surface area contributed by atoms with E-state index in [1.54, 1.807) is 61.3 Å². The summed E-state index contributed by atoms with van der Waals surface area (Å²) in [6.45, 7) is 2.41. The van der Waals surface area contributed by atoms with Crippen molar-refractivity contribution in [2.45, 2.75) is 19.4 Å². The van der Waals surface area contributed by atoms with Crippen LogP contribution in [0, 0.1) is 0 Å². The molecule has 150 valence electrons. The molecule has 0 aliphatic rings. The lowest BCUT2D eigenvalue weighted by molar-refractivity contribution is -0.118. The Kier molecular flexibility index (Phi) is 8.68. The number of carbonyl (C=O) groups excluding carboxylic acids is 2. The third-order valence-electron chi connectivity index (χ3n) is 4.00. The van der Waals surface area contributed by atoms with Gasteiger partial charge in [-0.3, -0.25) is 9.59 Å². The van der Waals surface area contributed by atoms with Crippen molar-refractivity contribution in [2.75, 3.05) is 31.0 Å². The normalized spacial score (nSPS) is 11.4. The lowest BCUT2D eigenvalue weighted by Crippen LogP contribution is -2.44. The number of ether oxygens (including phenoxy) is 2. The maximum Gasteiger partial charge on any atom is 0.251 e. The molecule has 6 nitrogen and oxygen atoms in total. The average molecular weight is 403 g/mol. The first-order chi connectivity index (χ1) is 13.6. The van der Waals surface area contributed by atoms with Crippen LogP contribution < -0.4 is 20.1 Å². The first kappa shape index (κ1) is 21.6. The van der Waals surface area contributed by atoms with Crippen LogP contribution in [0.3, 0.4) is 0 Å². The van der Waals surface area contributed by atoms with Crippen LogP contribution in [0.1, 0.15) is 23.7 Å². The monoisotopic (exact) mass is 402 g/mol. The van der Waals surface area contributed by atoms with Crippen LogP contribution in [0.25, 0.3) is 0 Å². The van der Waals surface area contributed by atoms with Gasteiger partial charge in [-0.1, -0.05) is 18.2 Å². The standard InChI is InChI=1S/C21H26N2O4S/c1-4-27-18-11-10-16(14-19(18)26-2)22-21(25)17(12-13-28-3)23-20(24)15-8-6-5-7-9-15/h5-11,14,17H,4,12-13H2,1-3H3,(H,22,25)(H,23,24)/t17-/m1/s1. The summed E-state index contributed by atoms with van der Waals surface area (Å²) >= 11 is 1.62. The van der Waals surface area contributed by atoms with E-state index >= 15 is 0 Å². The molecule has 0 heterocycles. The number of benzene rings is 2. The van der Waals surface area contributed by atoms with Gasteiger partial charge in [0, 0.05) is 17.3 Å². The molecule has 2 aromatic carbocycles. The van der Waals surface area contributed by atoms with Gasteiger partial charge >= 0.3 is 0 Å². The fourth-order valence-electron chi connectivity index (χ4n) is 2.59. The molecule has 0 unspecified atom stereocenters. The summed E-state index contributed by atoms with van der Waals surface area (Å²) in [5, 5.41) is 5.68. The minimum absolute atomic E-state index is 0.272. The Labute approximate surface area is 170 Å². The van der Waals surface area contributed by atoms with Crippen molar-refractivity contribution in [2.24, 2.45) is 0 Å². The number of nitrogens with one attached hydrogen (secondary N) is 2. The fraction of sp³-hybridized carbons (Fsp3) is 0.333. The molecule has 0 saturated heterocycles. The van der Waals surface area contributed by atoms with Gasteiger partial charge in [0.1, 0.15) is 6.04 Å². The molecule has 7 heteroatoms. The molecule has 0 aromatic heterocycles. The molecule has 1 atom stereocenters. The van der Waals surface area contributed by atoms with Crippen LogP contribution >= 0.6 is 11.8 Å². The Balaban J connectivity index is 2.11. The van der Waals surface area contributed by atoms with E-state index in [0.717, 1.165) is 5.75 Å². The number of hydrogen-bond acceptors (Lipinski definition) is 5. The van der Waals surface area contributed by atoms with E-state index in [4.69, 9.17) is 9.47 Å². The second-order valence-electron chi connectivity index (χ2n) is 5.96. The van der Waals surface area contributed by atoms with Gasteiger partial charge in [0.2, 0.25) is 5.91 Å². The van der Waals surface area contributed by atoms with E-state index in [0.29, 0.717) is 35.8 Å². The number of methoxy groups -OCH3 is 1. The molecular weight excluding hydrogens is 376 g/mol. The Bertz CT molecular complexity index is 783. The molecule has 0 aliphatic heterocycles. The van der Waals surface area contributed by atoms with Crippen molar-refractivity contribution in [3.05, 3.63) is 54.1 Å². The molecular formula is C21H26N2O4S. The van der Waals surface area contributed by atoms with Gasteiger partial charge in [-0.25, -0.2) is 0 Å². The number of hydrogen-bond donors (Lipinski definition) is 2. The van der Waals surface area contributed by atoms with Crippen LogP contribution in [0.5, 0.6) is 11.5 Å². The average Bonchev–Trinajstić information content (AvgIpc) is 2.72. The molecule has 0 spiro atoms. The number of amides is 2. The molecule has 0 fully saturated rings. The second kappa shape index (κ2) is 11.2. The fourth-order valence-corrected chi connectivity index (χ4v) is 3.06. The molecule has 2 rings (SSSR count). The third kappa shape index (κ3) is 6.20. The van der Waals surface area contributed by atoms with Crippen LogP contribution in [0.4, 0.5) is 5.69 Å². The highest BCUT2D eigenvalue weighted by atomic mass is 32.2. The zero-order valence-electron chi connectivity index (χ0n) is 16.4. The van der Waals surface area contributed by atoms with Gasteiger partial charge < -0.3 is 20.1 Å². The topological polar surface area (TPSA) is 76.7 Å². The van der Waals surface area contributed by atoms with E-state index in [1.807, 2.05) is 19.2 Å². The lowest BCUT2D eigenvalue weighted by atomic mass is 10.1. The largest absolute Gasteiger partial charge is 0.493 e. The molecule has 2 N–H and O–H groups in total. The van der Waals surface area contributed by atoms with Gasteiger partial charge in [0.05, 0.1) is 13.7 Å². The van der Waals surface area contributed by atoms with Gasteiger partial charge in [-0.05, 0) is 49.6 Å². The predicted octanol–water partition coefficient (Wildman–Crippen LogP) is 3.58. The molecule has 0 aliphatic carbocycles. The first-order valence-corrected chi connectivity index (χ1v) is 10.4. The van der Waals surface area contributed by atoms with Crippen LogP contribution in [-0.2, 0) is 4.79 Å². The number of carbonyl (C=O) groups is 2. The minimum Gasteiger partial charge on any atom is -0.493 e. The van der Waals surface area contributed by atoms with Crippen molar-refractivity contribution in [3.63, 3.8) is 0 Å². The molecule has 28 heavy (non-hydrogen) atoms. The van der Waals surface area contributed by atoms with Crippen LogP contribution in [0.2, 0.25) is 0 Å². The van der Waals surface area contributed by atoms with Crippen LogP contribution in [-0.4, -0.2) is 43.6 Å². The highest BCUT2D eigenvalue weighted by Gasteiger charge is 2.21. The molecule has 2 aromatic rings. The van der Waals surface area contributed by atoms with E-state index in [-0.39, 0.29) is 11.8 Å². The Hall–Kier alpha value is -2.67. The first-order valence-electron chi connectivity index (χ1n) is 9.05. The predicted molar refractivity (Wildman–Crippen MR) is 113 cm³/mol. The summed E-state index contributed by atoms with van der Waals surface area (Å²) in [6, 6.07) is 13.4. The van der Waals surface area contributed by atoms with Crippen molar-refractivity contribution in [3.8, 4) is 11.5 Å². The summed E-state index contributed by atoms with van der Waals surface area (Å²) in [5.74, 6) is 1.35.